The molecule has 152 valence electrons. The molecule has 7 heteroatoms. The van der Waals surface area contributed by atoms with Crippen LogP contribution in [0.2, 0.25) is 0 Å². The number of ether oxygens (including phenoxy) is 1. The second-order valence-electron chi connectivity index (χ2n) is 7.58. The first-order valence-electron chi connectivity index (χ1n) is 10.1. The third-order valence-corrected chi connectivity index (χ3v) is 5.54. The number of nitrogens with one attached hydrogen (secondary N) is 1. The number of carbonyl (C=O) groups is 2. The number of fused-ring (bicyclic) bond motifs is 2. The lowest BCUT2D eigenvalue weighted by atomic mass is 10.2. The molecule has 3 aromatic rings. The fourth-order valence-electron chi connectivity index (χ4n) is 4.11. The van der Waals surface area contributed by atoms with Gasteiger partial charge in [0.05, 0.1) is 17.1 Å². The van der Waals surface area contributed by atoms with E-state index in [-0.39, 0.29) is 18.4 Å². The van der Waals surface area contributed by atoms with Gasteiger partial charge in [0.25, 0.3) is 5.91 Å². The minimum atomic E-state index is -0.633. The van der Waals surface area contributed by atoms with Crippen molar-refractivity contribution in [2.45, 2.75) is 32.3 Å². The van der Waals surface area contributed by atoms with Crippen LogP contribution in [0.4, 0.5) is 11.5 Å². The molecule has 0 radical (unpaired) electrons. The number of aryl methyl sites for hydroxylation is 1. The summed E-state index contributed by atoms with van der Waals surface area (Å²) in [6.45, 7) is 1.61. The van der Waals surface area contributed by atoms with Crippen molar-refractivity contribution >= 4 is 23.3 Å². The van der Waals surface area contributed by atoms with Crippen LogP contribution in [0.3, 0.4) is 0 Å². The Balaban J connectivity index is 1.44. The Morgan fingerprint density at radius 1 is 1.13 bits per heavy atom. The first-order chi connectivity index (χ1) is 14.6. The van der Waals surface area contributed by atoms with Gasteiger partial charge in [0, 0.05) is 5.56 Å². The Morgan fingerprint density at radius 3 is 2.73 bits per heavy atom. The van der Waals surface area contributed by atoms with E-state index in [0.29, 0.717) is 17.3 Å². The molecule has 0 unspecified atom stereocenters. The summed E-state index contributed by atoms with van der Waals surface area (Å²) in [7, 11) is 0. The molecule has 2 amide bonds. The molecule has 0 spiro atoms. The number of amides is 2. The van der Waals surface area contributed by atoms with Crippen LogP contribution in [0, 0.1) is 0 Å². The first kappa shape index (κ1) is 18.4. The molecule has 30 heavy (non-hydrogen) atoms. The van der Waals surface area contributed by atoms with Gasteiger partial charge in [-0.05, 0) is 50.5 Å². The number of benzene rings is 2. The number of hydrogen-bond acceptors (Lipinski definition) is 4. The highest BCUT2D eigenvalue weighted by Gasteiger charge is 2.33. The molecule has 2 aromatic carbocycles. The van der Waals surface area contributed by atoms with Crippen molar-refractivity contribution in [3.8, 4) is 11.4 Å². The van der Waals surface area contributed by atoms with Crippen molar-refractivity contribution in [2.75, 3.05) is 16.8 Å². The summed E-state index contributed by atoms with van der Waals surface area (Å²) in [6.07, 6.45) is 2.19. The maximum atomic E-state index is 13.0. The van der Waals surface area contributed by atoms with Crippen LogP contribution in [0.25, 0.3) is 5.69 Å². The van der Waals surface area contributed by atoms with E-state index in [9.17, 15) is 9.59 Å². The van der Waals surface area contributed by atoms with Gasteiger partial charge in [-0.15, -0.1) is 0 Å². The standard InChI is InChI=1S/C23H22N4O3/c1-15-23(29)26(19-12-5-6-13-20(19)30-15)14-21(28)24-22-17-10-7-11-18(17)25-27(22)16-8-3-2-4-9-16/h2-6,8-9,12-13,15H,7,10-11,14H2,1H3,(H,24,28)/t15-/m0/s1. The summed E-state index contributed by atoms with van der Waals surface area (Å²) in [6, 6.07) is 17.0. The maximum Gasteiger partial charge on any atom is 0.268 e. The Labute approximate surface area is 174 Å². The molecular weight excluding hydrogens is 380 g/mol. The fourth-order valence-corrected chi connectivity index (χ4v) is 4.11. The normalized spacial score (nSPS) is 17.3. The number of rotatable bonds is 4. The molecule has 1 N–H and O–H groups in total. The molecule has 7 nitrogen and oxygen atoms in total. The topological polar surface area (TPSA) is 76.5 Å². The van der Waals surface area contributed by atoms with E-state index in [2.05, 4.69) is 5.32 Å². The van der Waals surface area contributed by atoms with Crippen molar-refractivity contribution in [2.24, 2.45) is 0 Å². The van der Waals surface area contributed by atoms with E-state index >= 15 is 0 Å². The maximum absolute atomic E-state index is 13.0. The number of anilines is 2. The highest BCUT2D eigenvalue weighted by atomic mass is 16.5. The minimum absolute atomic E-state index is 0.0850. The van der Waals surface area contributed by atoms with E-state index in [0.717, 1.165) is 36.2 Å². The van der Waals surface area contributed by atoms with E-state index in [1.165, 1.54) is 4.90 Å². The van der Waals surface area contributed by atoms with Crippen LogP contribution in [0.1, 0.15) is 24.6 Å². The van der Waals surface area contributed by atoms with Crippen molar-refractivity contribution in [1.29, 1.82) is 0 Å². The third kappa shape index (κ3) is 3.12. The first-order valence-corrected chi connectivity index (χ1v) is 10.1. The monoisotopic (exact) mass is 402 g/mol. The molecular formula is C23H22N4O3. The van der Waals surface area contributed by atoms with E-state index in [1.54, 1.807) is 23.7 Å². The van der Waals surface area contributed by atoms with Crippen molar-refractivity contribution in [3.63, 3.8) is 0 Å². The van der Waals surface area contributed by atoms with Crippen molar-refractivity contribution < 1.29 is 14.3 Å². The van der Waals surface area contributed by atoms with E-state index in [4.69, 9.17) is 9.84 Å². The average molecular weight is 402 g/mol. The van der Waals surface area contributed by atoms with Gasteiger partial charge in [-0.25, -0.2) is 4.68 Å². The zero-order valence-corrected chi connectivity index (χ0v) is 16.7. The summed E-state index contributed by atoms with van der Waals surface area (Å²) in [5.74, 6) is 0.804. The van der Waals surface area contributed by atoms with Crippen molar-refractivity contribution in [1.82, 2.24) is 9.78 Å². The zero-order chi connectivity index (χ0) is 20.7. The fraction of sp³-hybridized carbons (Fsp3) is 0.261. The Kier molecular flexibility index (Phi) is 4.50. The van der Waals surface area contributed by atoms with Gasteiger partial charge in [-0.2, -0.15) is 5.10 Å². The Morgan fingerprint density at radius 2 is 1.90 bits per heavy atom. The predicted octanol–water partition coefficient (Wildman–Crippen LogP) is 3.11. The zero-order valence-electron chi connectivity index (χ0n) is 16.7. The van der Waals surface area contributed by atoms with Crippen LogP contribution >= 0.6 is 0 Å². The van der Waals surface area contributed by atoms with Gasteiger partial charge in [0.1, 0.15) is 18.1 Å². The number of hydrogen-bond donors (Lipinski definition) is 1. The molecule has 0 saturated heterocycles. The molecule has 0 bridgehead atoms. The van der Waals surface area contributed by atoms with Crippen LogP contribution in [0.15, 0.2) is 54.6 Å². The molecule has 2 aliphatic rings. The highest BCUT2D eigenvalue weighted by molar-refractivity contribution is 6.06. The smallest absolute Gasteiger partial charge is 0.268 e. The molecule has 1 aromatic heterocycles. The lowest BCUT2D eigenvalue weighted by Crippen LogP contribution is -2.47. The second kappa shape index (κ2) is 7.33. The molecule has 0 saturated carbocycles. The summed E-state index contributed by atoms with van der Waals surface area (Å²) >= 11 is 0. The summed E-state index contributed by atoms with van der Waals surface area (Å²) in [4.78, 5) is 27.2. The molecule has 1 atom stereocenters. The summed E-state index contributed by atoms with van der Waals surface area (Å²) in [5, 5.41) is 7.75. The highest BCUT2D eigenvalue weighted by Crippen LogP contribution is 2.34. The summed E-state index contributed by atoms with van der Waals surface area (Å²) in [5.41, 5.74) is 3.60. The van der Waals surface area contributed by atoms with Gasteiger partial charge >= 0.3 is 0 Å². The van der Waals surface area contributed by atoms with Crippen LogP contribution in [-0.4, -0.2) is 34.2 Å². The average Bonchev–Trinajstić information content (AvgIpc) is 3.35. The second-order valence-corrected chi connectivity index (χ2v) is 7.58. The van der Waals surface area contributed by atoms with Gasteiger partial charge in [0.2, 0.25) is 5.91 Å². The SMILES string of the molecule is C[C@@H]1Oc2ccccc2N(CC(=O)Nc2c3c(nn2-c2ccccc2)CCC3)C1=O. The molecule has 5 rings (SSSR count). The number of para-hydroxylation sites is 3. The van der Waals surface area contributed by atoms with Crippen molar-refractivity contribution in [3.05, 3.63) is 65.9 Å². The Bertz CT molecular complexity index is 1120. The summed E-state index contributed by atoms with van der Waals surface area (Å²) < 4.78 is 7.45. The molecule has 2 heterocycles. The molecule has 1 aliphatic carbocycles. The van der Waals surface area contributed by atoms with Crippen LogP contribution in [0.5, 0.6) is 5.75 Å². The minimum Gasteiger partial charge on any atom is -0.479 e. The Hall–Kier alpha value is -3.61. The molecule has 0 fully saturated rings. The van der Waals surface area contributed by atoms with Gasteiger partial charge in [-0.1, -0.05) is 30.3 Å². The van der Waals surface area contributed by atoms with Crippen LogP contribution < -0.4 is 15.0 Å². The predicted molar refractivity (Wildman–Crippen MR) is 113 cm³/mol. The van der Waals surface area contributed by atoms with Crippen LogP contribution in [-0.2, 0) is 22.4 Å². The lowest BCUT2D eigenvalue weighted by Gasteiger charge is -2.32. The number of carbonyl (C=O) groups excluding carboxylic acids is 2. The third-order valence-electron chi connectivity index (χ3n) is 5.54. The van der Waals surface area contributed by atoms with Gasteiger partial charge < -0.3 is 10.1 Å². The van der Waals surface area contributed by atoms with E-state index < -0.39 is 6.10 Å². The number of nitrogens with zero attached hydrogens (tertiary/aromatic N) is 3. The lowest BCUT2D eigenvalue weighted by molar-refractivity contribution is -0.127. The van der Waals surface area contributed by atoms with E-state index in [1.807, 2.05) is 42.5 Å². The quantitative estimate of drug-likeness (QED) is 0.728. The number of aromatic nitrogens is 2. The van der Waals surface area contributed by atoms with Gasteiger partial charge in [-0.3, -0.25) is 14.5 Å². The largest absolute Gasteiger partial charge is 0.479 e. The van der Waals surface area contributed by atoms with Gasteiger partial charge in [0.15, 0.2) is 6.10 Å². The molecule has 1 aliphatic heterocycles.